The summed E-state index contributed by atoms with van der Waals surface area (Å²) in [6, 6.07) is 9.12. The van der Waals surface area contributed by atoms with Crippen LogP contribution in [0.5, 0.6) is 0 Å². The van der Waals surface area contributed by atoms with E-state index in [1.807, 2.05) is 30.3 Å². The number of halogens is 2. The van der Waals surface area contributed by atoms with E-state index in [2.05, 4.69) is 5.10 Å². The van der Waals surface area contributed by atoms with E-state index in [1.54, 1.807) is 6.92 Å². The zero-order valence-corrected chi connectivity index (χ0v) is 17.1. The molecule has 160 valence electrons. The Morgan fingerprint density at radius 2 is 1.83 bits per heavy atom. The smallest absolute Gasteiger partial charge is 0.304 e. The number of hydrogen-bond donors (Lipinski definition) is 1. The van der Waals surface area contributed by atoms with Crippen molar-refractivity contribution in [1.29, 1.82) is 0 Å². The molecule has 0 spiro atoms. The number of nitrogens with zero attached hydrogens (tertiary/aromatic N) is 2. The van der Waals surface area contributed by atoms with Crippen molar-refractivity contribution in [1.82, 2.24) is 9.78 Å². The Bertz CT molecular complexity index is 977. The number of alkyl halides is 1. The lowest BCUT2D eigenvalue weighted by atomic mass is 9.85. The molecule has 1 aromatic carbocycles. The lowest BCUT2D eigenvalue weighted by Gasteiger charge is -2.19. The molecule has 1 aromatic heterocycles. The zero-order valence-electron chi connectivity index (χ0n) is 16.4. The molecule has 2 unspecified atom stereocenters. The maximum absolute atomic E-state index is 13.0. The highest BCUT2D eigenvalue weighted by Gasteiger charge is 2.31. The second-order valence-electron chi connectivity index (χ2n) is 6.88. The summed E-state index contributed by atoms with van der Waals surface area (Å²) in [6.45, 7) is 0.488. The number of rotatable bonds is 11. The molecular formula is C21H22ClFN2O5. The van der Waals surface area contributed by atoms with Crippen LogP contribution < -0.4 is 5.56 Å². The van der Waals surface area contributed by atoms with Gasteiger partial charge in [-0.2, -0.15) is 5.10 Å². The predicted molar refractivity (Wildman–Crippen MR) is 108 cm³/mol. The van der Waals surface area contributed by atoms with Crippen LogP contribution in [0.2, 0.25) is 5.02 Å². The Hall–Kier alpha value is -2.87. The molecule has 0 saturated heterocycles. The summed E-state index contributed by atoms with van der Waals surface area (Å²) < 4.78 is 14.0. The fourth-order valence-corrected chi connectivity index (χ4v) is 3.52. The highest BCUT2D eigenvalue weighted by atomic mass is 35.5. The molecule has 0 radical (unpaired) electrons. The first kappa shape index (κ1) is 23.4. The van der Waals surface area contributed by atoms with Gasteiger partial charge in [0.25, 0.3) is 5.56 Å². The normalized spacial score (nSPS) is 12.9. The van der Waals surface area contributed by atoms with Crippen LogP contribution in [-0.2, 0) is 20.9 Å². The van der Waals surface area contributed by atoms with Crippen LogP contribution in [0.25, 0.3) is 0 Å². The Morgan fingerprint density at radius 1 is 1.17 bits per heavy atom. The molecule has 1 N–H and O–H groups in total. The van der Waals surface area contributed by atoms with E-state index >= 15 is 0 Å². The number of benzene rings is 1. The molecule has 1 heterocycles. The van der Waals surface area contributed by atoms with Gasteiger partial charge in [-0.1, -0.05) is 48.9 Å². The van der Waals surface area contributed by atoms with Gasteiger partial charge in [-0.15, -0.1) is 0 Å². The fourth-order valence-electron chi connectivity index (χ4n) is 3.27. The monoisotopic (exact) mass is 436 g/mol. The Morgan fingerprint density at radius 3 is 2.40 bits per heavy atom. The molecule has 7 nitrogen and oxygen atoms in total. The molecule has 0 aliphatic rings. The molecule has 0 aliphatic heterocycles. The number of hydrogen-bond acceptors (Lipinski definition) is 5. The van der Waals surface area contributed by atoms with Gasteiger partial charge in [-0.25, -0.2) is 9.07 Å². The van der Waals surface area contributed by atoms with Crippen molar-refractivity contribution in [2.75, 3.05) is 6.67 Å². The van der Waals surface area contributed by atoms with Gasteiger partial charge in [-0.3, -0.25) is 19.2 Å². The van der Waals surface area contributed by atoms with E-state index in [-0.39, 0.29) is 23.6 Å². The van der Waals surface area contributed by atoms with Crippen molar-refractivity contribution in [3.05, 3.63) is 63.0 Å². The van der Waals surface area contributed by atoms with Gasteiger partial charge in [0, 0.05) is 23.8 Å². The maximum atomic E-state index is 13.0. The summed E-state index contributed by atoms with van der Waals surface area (Å²) in [7, 11) is 0. The van der Waals surface area contributed by atoms with E-state index in [0.29, 0.717) is 0 Å². The number of carboxylic acid groups (broad SMARTS) is 1. The summed E-state index contributed by atoms with van der Waals surface area (Å²) in [5.41, 5.74) is 0.324. The summed E-state index contributed by atoms with van der Waals surface area (Å²) in [5, 5.41) is 13.0. The lowest BCUT2D eigenvalue weighted by molar-refractivity contribution is -0.141. The highest BCUT2D eigenvalue weighted by molar-refractivity contribution is 6.31. The maximum Gasteiger partial charge on any atom is 0.304 e. The van der Waals surface area contributed by atoms with E-state index in [1.165, 1.54) is 10.9 Å². The predicted octanol–water partition coefficient (Wildman–Crippen LogP) is 3.03. The van der Waals surface area contributed by atoms with Crippen molar-refractivity contribution in [2.24, 2.45) is 5.92 Å². The van der Waals surface area contributed by atoms with Gasteiger partial charge in [0.1, 0.15) is 12.5 Å². The molecule has 0 saturated carbocycles. The molecule has 0 fully saturated rings. The summed E-state index contributed by atoms with van der Waals surface area (Å²) in [6.07, 6.45) is 0.336. The first-order valence-electron chi connectivity index (χ1n) is 9.41. The standard InChI is InChI=1S/C21H22ClFN2O5/c1-2-15(17(26)8-14(9-19(28)29)18(27)10-23)20-16(22)11-24-25(21(20)30)12-13-6-4-3-5-7-13/h3-7,11,14-15H,2,8-10,12H2,1H3,(H,28,29). The van der Waals surface area contributed by atoms with Crippen molar-refractivity contribution >= 4 is 29.1 Å². The van der Waals surface area contributed by atoms with Gasteiger partial charge in [0.15, 0.2) is 5.78 Å². The Balaban J connectivity index is 2.35. The third-order valence-electron chi connectivity index (χ3n) is 4.81. The van der Waals surface area contributed by atoms with Gasteiger partial charge in [0.05, 0.1) is 24.2 Å². The van der Waals surface area contributed by atoms with Crippen LogP contribution >= 0.6 is 11.6 Å². The van der Waals surface area contributed by atoms with Crippen LogP contribution in [0.4, 0.5) is 4.39 Å². The number of Topliss-reactive ketones (excluding diaryl/α,β-unsaturated/α-hetero) is 2. The van der Waals surface area contributed by atoms with Crippen molar-refractivity contribution in [3.63, 3.8) is 0 Å². The first-order chi connectivity index (χ1) is 14.3. The van der Waals surface area contributed by atoms with Crippen LogP contribution in [0.1, 0.15) is 43.2 Å². The number of carbonyl (C=O) groups is 3. The molecule has 2 atom stereocenters. The van der Waals surface area contributed by atoms with Gasteiger partial charge >= 0.3 is 5.97 Å². The topological polar surface area (TPSA) is 106 Å². The average Bonchev–Trinajstić information content (AvgIpc) is 2.72. The number of aliphatic carboxylic acids is 1. The van der Waals surface area contributed by atoms with Crippen LogP contribution in [0, 0.1) is 5.92 Å². The fraction of sp³-hybridized carbons (Fsp3) is 0.381. The second kappa shape index (κ2) is 10.8. The molecule has 0 amide bonds. The van der Waals surface area contributed by atoms with Crippen LogP contribution in [0.3, 0.4) is 0 Å². The lowest BCUT2D eigenvalue weighted by Crippen LogP contribution is -2.32. The largest absolute Gasteiger partial charge is 0.481 e. The summed E-state index contributed by atoms with van der Waals surface area (Å²) in [5.74, 6) is -5.06. The quantitative estimate of drug-likeness (QED) is 0.580. The molecule has 9 heteroatoms. The van der Waals surface area contributed by atoms with E-state index in [9.17, 15) is 23.6 Å². The van der Waals surface area contributed by atoms with Crippen molar-refractivity contribution in [3.8, 4) is 0 Å². The van der Waals surface area contributed by atoms with Gasteiger partial charge < -0.3 is 5.11 Å². The highest BCUT2D eigenvalue weighted by Crippen LogP contribution is 2.27. The van der Waals surface area contributed by atoms with E-state index < -0.39 is 54.4 Å². The van der Waals surface area contributed by atoms with E-state index in [0.717, 1.165) is 5.56 Å². The zero-order chi connectivity index (χ0) is 22.3. The third kappa shape index (κ3) is 5.82. The van der Waals surface area contributed by atoms with Crippen LogP contribution in [-0.4, -0.2) is 39.1 Å². The average molecular weight is 437 g/mol. The Labute approximate surface area is 177 Å². The number of carbonyl (C=O) groups excluding carboxylic acids is 2. The molecule has 30 heavy (non-hydrogen) atoms. The molecule has 0 bridgehead atoms. The summed E-state index contributed by atoms with van der Waals surface area (Å²) in [4.78, 5) is 48.6. The molecule has 0 aliphatic carbocycles. The number of aromatic nitrogens is 2. The number of carboxylic acids is 1. The molecular weight excluding hydrogens is 415 g/mol. The van der Waals surface area contributed by atoms with Gasteiger partial charge in [0.2, 0.25) is 0 Å². The second-order valence-corrected chi connectivity index (χ2v) is 7.29. The van der Waals surface area contributed by atoms with Crippen molar-refractivity contribution in [2.45, 2.75) is 38.6 Å². The SMILES string of the molecule is CCC(C(=O)CC(CC(=O)O)C(=O)CF)c1c(Cl)cnn(Cc2ccccc2)c1=O. The van der Waals surface area contributed by atoms with E-state index in [4.69, 9.17) is 16.7 Å². The minimum Gasteiger partial charge on any atom is -0.481 e. The molecule has 2 aromatic rings. The van der Waals surface area contributed by atoms with Gasteiger partial charge in [-0.05, 0) is 12.0 Å². The molecule has 2 rings (SSSR count). The first-order valence-corrected chi connectivity index (χ1v) is 9.78. The summed E-state index contributed by atoms with van der Waals surface area (Å²) >= 11 is 6.18. The minimum atomic E-state index is -1.36. The minimum absolute atomic E-state index is 0.0103. The number of ketones is 2. The Kier molecular flexibility index (Phi) is 8.41. The van der Waals surface area contributed by atoms with Crippen molar-refractivity contribution < 1.29 is 23.9 Å². The third-order valence-corrected chi connectivity index (χ3v) is 5.11. The van der Waals surface area contributed by atoms with Crippen LogP contribution in [0.15, 0.2) is 41.3 Å².